The first-order chi connectivity index (χ1) is 8.15. The average Bonchev–Trinajstić information content (AvgIpc) is 2.29. The summed E-state index contributed by atoms with van der Waals surface area (Å²) in [5.41, 5.74) is 2.17. The van der Waals surface area contributed by atoms with Crippen LogP contribution in [-0.4, -0.2) is 10.9 Å². The number of carbonyl (C=O) groups is 1. The Morgan fingerprint density at radius 3 is 2.59 bits per heavy atom. The molecule has 4 heteroatoms. The van der Waals surface area contributed by atoms with Gasteiger partial charge >= 0.3 is 0 Å². The van der Waals surface area contributed by atoms with Crippen molar-refractivity contribution in [1.82, 2.24) is 4.98 Å². The van der Waals surface area contributed by atoms with Gasteiger partial charge in [0.2, 0.25) is 0 Å². The first-order valence-electron chi connectivity index (χ1n) is 5.15. The molecule has 0 radical (unpaired) electrons. The van der Waals surface area contributed by atoms with Crippen molar-refractivity contribution in [2.75, 3.05) is 5.32 Å². The molecule has 3 nitrogen and oxygen atoms in total. The monoisotopic (exact) mass is 246 g/mol. The Labute approximate surface area is 104 Å². The lowest BCUT2D eigenvalue weighted by molar-refractivity contribution is 0.102. The minimum Gasteiger partial charge on any atom is -0.322 e. The number of nitrogens with zero attached hydrogens (tertiary/aromatic N) is 1. The summed E-state index contributed by atoms with van der Waals surface area (Å²) >= 11 is 5.76. The molecule has 0 unspecified atom stereocenters. The molecule has 0 fully saturated rings. The van der Waals surface area contributed by atoms with Crippen molar-refractivity contribution in [2.24, 2.45) is 0 Å². The number of anilines is 1. The molecule has 0 aliphatic heterocycles. The first-order valence-corrected chi connectivity index (χ1v) is 5.52. The fourth-order valence-electron chi connectivity index (χ4n) is 1.43. The lowest BCUT2D eigenvalue weighted by Gasteiger charge is -2.05. The van der Waals surface area contributed by atoms with Crippen LogP contribution in [0.5, 0.6) is 0 Å². The highest BCUT2D eigenvalue weighted by Gasteiger charge is 2.05. The summed E-state index contributed by atoms with van der Waals surface area (Å²) in [6.07, 6.45) is 1.66. The topological polar surface area (TPSA) is 42.0 Å². The number of carbonyl (C=O) groups excluding carboxylic acids is 1. The Kier molecular flexibility index (Phi) is 3.40. The van der Waals surface area contributed by atoms with E-state index in [-0.39, 0.29) is 5.91 Å². The van der Waals surface area contributed by atoms with E-state index < -0.39 is 0 Å². The Balaban J connectivity index is 2.14. The van der Waals surface area contributed by atoms with Crippen molar-refractivity contribution in [1.29, 1.82) is 0 Å². The van der Waals surface area contributed by atoms with Gasteiger partial charge in [-0.05, 0) is 43.3 Å². The number of aryl methyl sites for hydroxylation is 1. The predicted molar refractivity (Wildman–Crippen MR) is 68.4 cm³/mol. The van der Waals surface area contributed by atoms with E-state index >= 15 is 0 Å². The number of amides is 1. The van der Waals surface area contributed by atoms with E-state index in [1.807, 2.05) is 13.0 Å². The molecular weight excluding hydrogens is 236 g/mol. The number of hydrogen-bond donors (Lipinski definition) is 1. The molecule has 1 amide bonds. The van der Waals surface area contributed by atoms with Gasteiger partial charge in [0.05, 0.1) is 0 Å². The van der Waals surface area contributed by atoms with Crippen molar-refractivity contribution in [3.63, 3.8) is 0 Å². The van der Waals surface area contributed by atoms with Gasteiger partial charge in [0.25, 0.3) is 5.91 Å². The van der Waals surface area contributed by atoms with E-state index in [1.165, 1.54) is 0 Å². The summed E-state index contributed by atoms with van der Waals surface area (Å²) in [6, 6.07) is 10.3. The molecular formula is C13H11ClN2O. The second-order valence-corrected chi connectivity index (χ2v) is 4.08. The third-order valence-corrected chi connectivity index (χ3v) is 2.51. The molecule has 0 bridgehead atoms. The van der Waals surface area contributed by atoms with Crippen LogP contribution in [0.3, 0.4) is 0 Å². The number of hydrogen-bond acceptors (Lipinski definition) is 2. The molecule has 0 spiro atoms. The average molecular weight is 247 g/mol. The minimum absolute atomic E-state index is 0.160. The third kappa shape index (κ3) is 3.04. The van der Waals surface area contributed by atoms with E-state index in [4.69, 9.17) is 11.6 Å². The van der Waals surface area contributed by atoms with E-state index in [9.17, 15) is 4.79 Å². The van der Waals surface area contributed by atoms with Crippen LogP contribution in [0.1, 0.15) is 16.1 Å². The van der Waals surface area contributed by atoms with Gasteiger partial charge in [0.1, 0.15) is 0 Å². The summed E-state index contributed by atoms with van der Waals surface area (Å²) in [6.45, 7) is 1.87. The summed E-state index contributed by atoms with van der Waals surface area (Å²) in [4.78, 5) is 15.9. The molecule has 86 valence electrons. The predicted octanol–water partition coefficient (Wildman–Crippen LogP) is 3.30. The Morgan fingerprint density at radius 1 is 1.24 bits per heavy atom. The Morgan fingerprint density at radius 2 is 1.94 bits per heavy atom. The SMILES string of the molecule is Cc1cc(NC(=O)c2ccc(Cl)cc2)ccn1. The number of rotatable bonds is 2. The molecule has 0 saturated carbocycles. The van der Waals surface area contributed by atoms with Crippen LogP contribution in [0, 0.1) is 6.92 Å². The number of benzene rings is 1. The smallest absolute Gasteiger partial charge is 0.255 e. The lowest BCUT2D eigenvalue weighted by Crippen LogP contribution is -2.11. The zero-order valence-electron chi connectivity index (χ0n) is 9.27. The molecule has 0 atom stereocenters. The highest BCUT2D eigenvalue weighted by molar-refractivity contribution is 6.30. The van der Waals surface area contributed by atoms with Crippen LogP contribution in [0.25, 0.3) is 0 Å². The minimum atomic E-state index is -0.160. The van der Waals surface area contributed by atoms with Gasteiger partial charge < -0.3 is 5.32 Å². The molecule has 0 aliphatic rings. The van der Waals surface area contributed by atoms with E-state index in [0.29, 0.717) is 10.6 Å². The highest BCUT2D eigenvalue weighted by Crippen LogP contribution is 2.12. The van der Waals surface area contributed by atoms with E-state index in [2.05, 4.69) is 10.3 Å². The Bertz CT molecular complexity index is 537. The maximum Gasteiger partial charge on any atom is 0.255 e. The quantitative estimate of drug-likeness (QED) is 0.884. The fraction of sp³-hybridized carbons (Fsp3) is 0.0769. The molecule has 0 aliphatic carbocycles. The second-order valence-electron chi connectivity index (χ2n) is 3.65. The fourth-order valence-corrected chi connectivity index (χ4v) is 1.55. The molecule has 1 aromatic heterocycles. The zero-order chi connectivity index (χ0) is 12.3. The molecule has 17 heavy (non-hydrogen) atoms. The lowest BCUT2D eigenvalue weighted by atomic mass is 10.2. The van der Waals surface area contributed by atoms with Gasteiger partial charge in [-0.3, -0.25) is 9.78 Å². The molecule has 2 aromatic rings. The van der Waals surface area contributed by atoms with Crippen molar-refractivity contribution in [2.45, 2.75) is 6.92 Å². The molecule has 2 rings (SSSR count). The summed E-state index contributed by atoms with van der Waals surface area (Å²) < 4.78 is 0. The van der Waals surface area contributed by atoms with Crippen LogP contribution >= 0.6 is 11.6 Å². The van der Waals surface area contributed by atoms with Crippen LogP contribution in [-0.2, 0) is 0 Å². The van der Waals surface area contributed by atoms with E-state index in [1.54, 1.807) is 36.5 Å². The van der Waals surface area contributed by atoms with Gasteiger partial charge in [-0.25, -0.2) is 0 Å². The van der Waals surface area contributed by atoms with E-state index in [0.717, 1.165) is 11.4 Å². The zero-order valence-corrected chi connectivity index (χ0v) is 10.0. The maximum absolute atomic E-state index is 11.9. The number of pyridine rings is 1. The largest absolute Gasteiger partial charge is 0.322 e. The van der Waals surface area contributed by atoms with Crippen LogP contribution in [0.4, 0.5) is 5.69 Å². The molecule has 0 saturated heterocycles. The van der Waals surface area contributed by atoms with Crippen LogP contribution in [0.2, 0.25) is 5.02 Å². The van der Waals surface area contributed by atoms with Gasteiger partial charge in [-0.2, -0.15) is 0 Å². The van der Waals surface area contributed by atoms with Gasteiger partial charge in [-0.15, -0.1) is 0 Å². The molecule has 1 N–H and O–H groups in total. The molecule has 1 aromatic carbocycles. The Hall–Kier alpha value is -1.87. The van der Waals surface area contributed by atoms with Crippen molar-refractivity contribution < 1.29 is 4.79 Å². The number of halogens is 1. The van der Waals surface area contributed by atoms with Gasteiger partial charge in [-0.1, -0.05) is 11.6 Å². The third-order valence-electron chi connectivity index (χ3n) is 2.26. The number of aromatic nitrogens is 1. The second kappa shape index (κ2) is 4.97. The standard InChI is InChI=1S/C13H11ClN2O/c1-9-8-12(6-7-15-9)16-13(17)10-2-4-11(14)5-3-10/h2-8H,1H3,(H,15,16,17). The van der Waals surface area contributed by atoms with Gasteiger partial charge in [0, 0.05) is 28.2 Å². The highest BCUT2D eigenvalue weighted by atomic mass is 35.5. The van der Waals surface area contributed by atoms with Crippen molar-refractivity contribution in [3.05, 3.63) is 58.9 Å². The first kappa shape index (κ1) is 11.6. The van der Waals surface area contributed by atoms with Gasteiger partial charge in [0.15, 0.2) is 0 Å². The summed E-state index contributed by atoms with van der Waals surface area (Å²) in [5, 5.41) is 3.41. The normalized spacial score (nSPS) is 10.0. The number of nitrogens with one attached hydrogen (secondary N) is 1. The van der Waals surface area contributed by atoms with Crippen molar-refractivity contribution in [3.8, 4) is 0 Å². The maximum atomic E-state index is 11.9. The summed E-state index contributed by atoms with van der Waals surface area (Å²) in [5.74, 6) is -0.160. The van der Waals surface area contributed by atoms with Crippen LogP contribution in [0.15, 0.2) is 42.6 Å². The molecule has 1 heterocycles. The van der Waals surface area contributed by atoms with Crippen LogP contribution < -0.4 is 5.32 Å². The summed E-state index contributed by atoms with van der Waals surface area (Å²) in [7, 11) is 0. The van der Waals surface area contributed by atoms with Crippen molar-refractivity contribution >= 4 is 23.2 Å².